The van der Waals surface area contributed by atoms with Crippen molar-refractivity contribution in [2.24, 2.45) is 0 Å². The van der Waals surface area contributed by atoms with Gasteiger partial charge in [0.2, 0.25) is 11.8 Å². The Morgan fingerprint density at radius 2 is 1.74 bits per heavy atom. The van der Waals surface area contributed by atoms with E-state index < -0.39 is 5.97 Å². The topological polar surface area (TPSA) is 84.9 Å². The molecule has 0 aliphatic rings. The lowest BCUT2D eigenvalue weighted by Gasteiger charge is -2.21. The highest BCUT2D eigenvalue weighted by molar-refractivity contribution is 5.95. The van der Waals surface area contributed by atoms with Crippen molar-refractivity contribution in [2.45, 2.75) is 13.3 Å². The molecule has 7 heteroatoms. The standard InChI is InChI=1S/C20H22N2O5/c1-14(23)22(17-5-4-6-18(13-17)26-2)12-11-19(24)21-16-9-7-15(8-10-16)20(25)27-3/h4-10,13H,11-12H2,1-3H3,(H,21,24). The van der Waals surface area contributed by atoms with Crippen molar-refractivity contribution < 1.29 is 23.9 Å². The molecule has 7 nitrogen and oxygen atoms in total. The second kappa shape index (κ2) is 9.38. The summed E-state index contributed by atoms with van der Waals surface area (Å²) < 4.78 is 9.80. The Morgan fingerprint density at radius 3 is 2.33 bits per heavy atom. The van der Waals surface area contributed by atoms with Crippen LogP contribution in [0.1, 0.15) is 23.7 Å². The van der Waals surface area contributed by atoms with Gasteiger partial charge in [0, 0.05) is 37.3 Å². The number of methoxy groups -OCH3 is 2. The Hall–Kier alpha value is -3.35. The summed E-state index contributed by atoms with van der Waals surface area (Å²) >= 11 is 0. The predicted molar refractivity (Wildman–Crippen MR) is 102 cm³/mol. The first kappa shape index (κ1) is 20.0. The number of anilines is 2. The van der Waals surface area contributed by atoms with Crippen LogP contribution in [0.2, 0.25) is 0 Å². The van der Waals surface area contributed by atoms with E-state index in [0.717, 1.165) is 0 Å². The molecule has 0 aromatic heterocycles. The van der Waals surface area contributed by atoms with E-state index in [-0.39, 0.29) is 24.8 Å². The zero-order chi connectivity index (χ0) is 19.8. The number of hydrogen-bond acceptors (Lipinski definition) is 5. The lowest BCUT2D eigenvalue weighted by Crippen LogP contribution is -2.31. The molecule has 2 rings (SSSR count). The number of rotatable bonds is 7. The van der Waals surface area contributed by atoms with Gasteiger partial charge in [0.05, 0.1) is 19.8 Å². The van der Waals surface area contributed by atoms with Crippen molar-refractivity contribution in [3.05, 3.63) is 54.1 Å². The molecule has 0 radical (unpaired) electrons. The largest absolute Gasteiger partial charge is 0.497 e. The molecule has 0 heterocycles. The number of amides is 2. The summed E-state index contributed by atoms with van der Waals surface area (Å²) in [5.74, 6) is -0.217. The van der Waals surface area contributed by atoms with Crippen molar-refractivity contribution >= 4 is 29.2 Å². The maximum absolute atomic E-state index is 12.2. The molecule has 2 aromatic rings. The summed E-state index contributed by atoms with van der Waals surface area (Å²) in [6, 6.07) is 13.5. The number of benzene rings is 2. The van der Waals surface area contributed by atoms with E-state index in [2.05, 4.69) is 10.1 Å². The van der Waals surface area contributed by atoms with E-state index >= 15 is 0 Å². The fourth-order valence-electron chi connectivity index (χ4n) is 2.49. The highest BCUT2D eigenvalue weighted by atomic mass is 16.5. The fraction of sp³-hybridized carbons (Fsp3) is 0.250. The number of carbonyl (C=O) groups is 3. The van der Waals surface area contributed by atoms with Crippen LogP contribution in [-0.2, 0) is 14.3 Å². The van der Waals surface area contributed by atoms with Crippen LogP contribution in [0.4, 0.5) is 11.4 Å². The Balaban J connectivity index is 1.97. The Morgan fingerprint density at radius 1 is 1.04 bits per heavy atom. The third kappa shape index (κ3) is 5.57. The molecule has 0 aliphatic heterocycles. The van der Waals surface area contributed by atoms with Gasteiger partial charge in [-0.25, -0.2) is 4.79 Å². The first-order chi connectivity index (χ1) is 12.9. The summed E-state index contributed by atoms with van der Waals surface area (Å²) in [7, 11) is 2.86. The number of esters is 1. The molecule has 2 amide bonds. The highest BCUT2D eigenvalue weighted by Gasteiger charge is 2.14. The van der Waals surface area contributed by atoms with Crippen molar-refractivity contribution in [1.82, 2.24) is 0 Å². The zero-order valence-corrected chi connectivity index (χ0v) is 15.5. The van der Waals surface area contributed by atoms with Crippen LogP contribution < -0.4 is 15.0 Å². The molecule has 0 unspecified atom stereocenters. The maximum atomic E-state index is 12.2. The third-order valence-electron chi connectivity index (χ3n) is 3.90. The number of nitrogens with one attached hydrogen (secondary N) is 1. The molecular weight excluding hydrogens is 348 g/mol. The average molecular weight is 370 g/mol. The molecule has 0 aliphatic carbocycles. The second-order valence-electron chi connectivity index (χ2n) is 5.74. The van der Waals surface area contributed by atoms with E-state index in [4.69, 9.17) is 4.74 Å². The van der Waals surface area contributed by atoms with Crippen LogP contribution in [0.5, 0.6) is 5.75 Å². The molecule has 0 atom stereocenters. The number of hydrogen-bond donors (Lipinski definition) is 1. The van der Waals surface area contributed by atoms with Gasteiger partial charge in [0.1, 0.15) is 5.75 Å². The molecular formula is C20H22N2O5. The van der Waals surface area contributed by atoms with Gasteiger partial charge < -0.3 is 19.7 Å². The SMILES string of the molecule is COC(=O)c1ccc(NC(=O)CCN(C(C)=O)c2cccc(OC)c2)cc1. The van der Waals surface area contributed by atoms with Crippen molar-refractivity contribution in [3.8, 4) is 5.75 Å². The van der Waals surface area contributed by atoms with Crippen LogP contribution in [0.25, 0.3) is 0 Å². The van der Waals surface area contributed by atoms with E-state index in [0.29, 0.717) is 22.7 Å². The lowest BCUT2D eigenvalue weighted by molar-refractivity contribution is -0.117. The molecule has 142 valence electrons. The number of ether oxygens (including phenoxy) is 2. The van der Waals surface area contributed by atoms with Crippen molar-refractivity contribution in [2.75, 3.05) is 31.0 Å². The van der Waals surface area contributed by atoms with Gasteiger partial charge in [-0.1, -0.05) is 6.07 Å². The maximum Gasteiger partial charge on any atom is 0.337 e. The van der Waals surface area contributed by atoms with Gasteiger partial charge in [0.15, 0.2) is 0 Å². The number of nitrogens with zero attached hydrogens (tertiary/aromatic N) is 1. The molecule has 27 heavy (non-hydrogen) atoms. The van der Waals surface area contributed by atoms with Gasteiger partial charge in [-0.15, -0.1) is 0 Å². The van der Waals surface area contributed by atoms with E-state index in [1.165, 1.54) is 18.9 Å². The van der Waals surface area contributed by atoms with Crippen LogP contribution in [0, 0.1) is 0 Å². The average Bonchev–Trinajstić information content (AvgIpc) is 2.68. The first-order valence-electron chi connectivity index (χ1n) is 8.35. The zero-order valence-electron chi connectivity index (χ0n) is 15.5. The highest BCUT2D eigenvalue weighted by Crippen LogP contribution is 2.21. The minimum Gasteiger partial charge on any atom is -0.497 e. The van der Waals surface area contributed by atoms with Gasteiger partial charge in [-0.3, -0.25) is 9.59 Å². The minimum atomic E-state index is -0.441. The summed E-state index contributed by atoms with van der Waals surface area (Å²) in [4.78, 5) is 37.1. The molecule has 0 saturated heterocycles. The van der Waals surface area contributed by atoms with Crippen molar-refractivity contribution in [3.63, 3.8) is 0 Å². The monoisotopic (exact) mass is 370 g/mol. The molecule has 0 saturated carbocycles. The van der Waals surface area contributed by atoms with Crippen LogP contribution in [-0.4, -0.2) is 38.5 Å². The number of carbonyl (C=O) groups excluding carboxylic acids is 3. The van der Waals surface area contributed by atoms with E-state index in [9.17, 15) is 14.4 Å². The first-order valence-corrected chi connectivity index (χ1v) is 8.35. The normalized spacial score (nSPS) is 10.0. The summed E-state index contributed by atoms with van der Waals surface area (Å²) in [6.45, 7) is 1.68. The van der Waals surface area contributed by atoms with Gasteiger partial charge in [0.25, 0.3) is 0 Å². The minimum absolute atomic E-state index is 0.121. The quantitative estimate of drug-likeness (QED) is 0.758. The van der Waals surface area contributed by atoms with Crippen molar-refractivity contribution in [1.29, 1.82) is 0 Å². The molecule has 0 fully saturated rings. The van der Waals surface area contributed by atoms with Gasteiger partial charge in [-0.2, -0.15) is 0 Å². The lowest BCUT2D eigenvalue weighted by atomic mass is 10.2. The van der Waals surface area contributed by atoms with E-state index in [1.807, 2.05) is 0 Å². The Kier molecular flexibility index (Phi) is 6.93. The van der Waals surface area contributed by atoms with E-state index in [1.54, 1.807) is 55.6 Å². The molecule has 1 N–H and O–H groups in total. The predicted octanol–water partition coefficient (Wildman–Crippen LogP) is 2.86. The van der Waals surface area contributed by atoms with Crippen LogP contribution >= 0.6 is 0 Å². The molecule has 0 spiro atoms. The summed E-state index contributed by atoms with van der Waals surface area (Å²) in [6.07, 6.45) is 0.121. The van der Waals surface area contributed by atoms with Gasteiger partial charge in [-0.05, 0) is 36.4 Å². The summed E-state index contributed by atoms with van der Waals surface area (Å²) in [5, 5.41) is 2.74. The van der Waals surface area contributed by atoms with Gasteiger partial charge >= 0.3 is 5.97 Å². The smallest absolute Gasteiger partial charge is 0.337 e. The van der Waals surface area contributed by atoms with Crippen LogP contribution in [0.15, 0.2) is 48.5 Å². The third-order valence-corrected chi connectivity index (χ3v) is 3.90. The Bertz CT molecular complexity index is 817. The molecule has 0 bridgehead atoms. The fourth-order valence-corrected chi connectivity index (χ4v) is 2.49. The second-order valence-corrected chi connectivity index (χ2v) is 5.74. The van der Waals surface area contributed by atoms with Crippen LogP contribution in [0.3, 0.4) is 0 Å². The molecule has 2 aromatic carbocycles. The Labute approximate surface area is 157 Å². The summed E-state index contributed by atoms with van der Waals surface area (Å²) in [5.41, 5.74) is 1.62.